The van der Waals surface area contributed by atoms with Gasteiger partial charge >= 0.3 is 0 Å². The molecule has 5 nitrogen and oxygen atoms in total. The predicted octanol–water partition coefficient (Wildman–Crippen LogP) is 3.50. The van der Waals surface area contributed by atoms with Crippen molar-refractivity contribution in [2.75, 3.05) is 6.61 Å². The quantitative estimate of drug-likeness (QED) is 0.644. The molecule has 1 aromatic carbocycles. The fourth-order valence-corrected chi connectivity index (χ4v) is 3.85. The minimum Gasteiger partial charge on any atom is -0.507 e. The summed E-state index contributed by atoms with van der Waals surface area (Å²) in [5, 5.41) is 13.9. The number of phenols is 1. The molecule has 0 bridgehead atoms. The number of ether oxygens (including phenoxy) is 1. The Morgan fingerprint density at radius 1 is 1.38 bits per heavy atom. The van der Waals surface area contributed by atoms with Gasteiger partial charge in [0.1, 0.15) is 11.5 Å². The average molecular weight is 344 g/mol. The van der Waals surface area contributed by atoms with Gasteiger partial charge < -0.3 is 9.84 Å². The van der Waals surface area contributed by atoms with Crippen LogP contribution in [0.3, 0.4) is 0 Å². The second kappa shape index (κ2) is 7.49. The van der Waals surface area contributed by atoms with Gasteiger partial charge in [-0.15, -0.1) is 11.3 Å². The van der Waals surface area contributed by atoms with E-state index < -0.39 is 0 Å². The minimum atomic E-state index is -0.212. The van der Waals surface area contributed by atoms with Crippen LogP contribution in [0.4, 0.5) is 0 Å². The molecule has 24 heavy (non-hydrogen) atoms. The van der Waals surface area contributed by atoms with Crippen LogP contribution in [-0.4, -0.2) is 23.8 Å². The van der Waals surface area contributed by atoms with Crippen molar-refractivity contribution < 1.29 is 14.6 Å². The van der Waals surface area contributed by atoms with E-state index in [1.807, 2.05) is 13.0 Å². The van der Waals surface area contributed by atoms with Crippen molar-refractivity contribution >= 4 is 23.5 Å². The standard InChI is InChI=1S/C18H20N2O3S/c1-2-23-14-8-7-13(15(21)10-14)11-19-20-18(22)17-9-12-5-3-4-6-16(12)24-17/h7-11,21H,2-6H2,1H3,(H,20,22)/b19-11+. The van der Waals surface area contributed by atoms with E-state index in [1.165, 1.54) is 35.6 Å². The third kappa shape index (κ3) is 3.76. The summed E-state index contributed by atoms with van der Waals surface area (Å²) in [6, 6.07) is 6.94. The molecular weight excluding hydrogens is 324 g/mol. The molecular formula is C18H20N2O3S. The van der Waals surface area contributed by atoms with Gasteiger partial charge in [0.2, 0.25) is 0 Å². The minimum absolute atomic E-state index is 0.0607. The molecule has 2 aromatic rings. The van der Waals surface area contributed by atoms with Gasteiger partial charge in [0.25, 0.3) is 5.91 Å². The highest BCUT2D eigenvalue weighted by Crippen LogP contribution is 2.29. The van der Waals surface area contributed by atoms with E-state index in [9.17, 15) is 9.90 Å². The average Bonchev–Trinajstić information content (AvgIpc) is 3.01. The van der Waals surface area contributed by atoms with Crippen LogP contribution in [0, 0.1) is 0 Å². The first-order valence-electron chi connectivity index (χ1n) is 8.08. The van der Waals surface area contributed by atoms with Crippen LogP contribution < -0.4 is 10.2 Å². The third-order valence-electron chi connectivity index (χ3n) is 3.90. The molecule has 0 saturated heterocycles. The van der Waals surface area contributed by atoms with Crippen LogP contribution in [-0.2, 0) is 12.8 Å². The molecule has 0 unspecified atom stereocenters. The number of hydrogen-bond acceptors (Lipinski definition) is 5. The van der Waals surface area contributed by atoms with Gasteiger partial charge in [-0.3, -0.25) is 4.79 Å². The molecule has 0 aliphatic heterocycles. The number of fused-ring (bicyclic) bond motifs is 1. The van der Waals surface area contributed by atoms with Crippen LogP contribution in [0.2, 0.25) is 0 Å². The van der Waals surface area contributed by atoms with Crippen molar-refractivity contribution in [2.45, 2.75) is 32.6 Å². The van der Waals surface area contributed by atoms with E-state index in [-0.39, 0.29) is 11.7 Å². The van der Waals surface area contributed by atoms with Gasteiger partial charge in [0.15, 0.2) is 0 Å². The van der Waals surface area contributed by atoms with Gasteiger partial charge in [-0.1, -0.05) is 0 Å². The largest absolute Gasteiger partial charge is 0.507 e. The number of nitrogens with one attached hydrogen (secondary N) is 1. The molecule has 0 fully saturated rings. The molecule has 1 amide bonds. The van der Waals surface area contributed by atoms with Crippen LogP contribution in [0.15, 0.2) is 29.4 Å². The molecule has 0 spiro atoms. The number of hydrogen-bond donors (Lipinski definition) is 2. The zero-order chi connectivity index (χ0) is 16.9. The van der Waals surface area contributed by atoms with E-state index in [0.717, 1.165) is 12.8 Å². The summed E-state index contributed by atoms with van der Waals surface area (Å²) in [6.07, 6.45) is 5.94. The molecule has 1 heterocycles. The van der Waals surface area contributed by atoms with E-state index in [1.54, 1.807) is 23.5 Å². The van der Waals surface area contributed by atoms with Crippen LogP contribution in [0.5, 0.6) is 11.5 Å². The molecule has 0 saturated carbocycles. The number of hydrazone groups is 1. The zero-order valence-corrected chi connectivity index (χ0v) is 14.4. The second-order valence-corrected chi connectivity index (χ2v) is 6.76. The third-order valence-corrected chi connectivity index (χ3v) is 5.14. The SMILES string of the molecule is CCOc1ccc(/C=N/NC(=O)c2cc3c(s2)CCCC3)c(O)c1. The molecule has 0 radical (unpaired) electrons. The Morgan fingerprint density at radius 3 is 2.96 bits per heavy atom. The molecule has 1 aliphatic rings. The van der Waals surface area contributed by atoms with E-state index >= 15 is 0 Å². The fourth-order valence-electron chi connectivity index (χ4n) is 2.71. The van der Waals surface area contributed by atoms with Crippen molar-refractivity contribution in [3.63, 3.8) is 0 Å². The Morgan fingerprint density at radius 2 is 2.21 bits per heavy atom. The Labute approximate surface area is 145 Å². The zero-order valence-electron chi connectivity index (χ0n) is 13.5. The summed E-state index contributed by atoms with van der Waals surface area (Å²) in [5.41, 5.74) is 4.34. The number of nitrogens with zero attached hydrogens (tertiary/aromatic N) is 1. The summed E-state index contributed by atoms with van der Waals surface area (Å²) < 4.78 is 5.31. The highest BCUT2D eigenvalue weighted by molar-refractivity contribution is 7.14. The number of carbonyl (C=O) groups excluding carboxylic acids is 1. The van der Waals surface area contributed by atoms with E-state index in [4.69, 9.17) is 4.74 Å². The number of thiophene rings is 1. The van der Waals surface area contributed by atoms with Crippen LogP contribution in [0.25, 0.3) is 0 Å². The summed E-state index contributed by atoms with van der Waals surface area (Å²) >= 11 is 1.55. The summed E-state index contributed by atoms with van der Waals surface area (Å²) in [7, 11) is 0. The maximum Gasteiger partial charge on any atom is 0.281 e. The van der Waals surface area contributed by atoms with Crippen molar-refractivity contribution in [3.8, 4) is 11.5 Å². The van der Waals surface area contributed by atoms with Gasteiger partial charge in [-0.2, -0.15) is 5.10 Å². The van der Waals surface area contributed by atoms with Crippen LogP contribution >= 0.6 is 11.3 Å². The Kier molecular flexibility index (Phi) is 5.15. The molecule has 3 rings (SSSR count). The Hall–Kier alpha value is -2.34. The summed E-state index contributed by atoms with van der Waals surface area (Å²) in [4.78, 5) is 14.2. The van der Waals surface area contributed by atoms with Crippen molar-refractivity contribution in [1.82, 2.24) is 5.43 Å². The first-order valence-corrected chi connectivity index (χ1v) is 8.90. The predicted molar refractivity (Wildman–Crippen MR) is 95.3 cm³/mol. The number of benzene rings is 1. The highest BCUT2D eigenvalue weighted by atomic mass is 32.1. The number of rotatable bonds is 5. The van der Waals surface area contributed by atoms with E-state index in [0.29, 0.717) is 22.8 Å². The van der Waals surface area contributed by atoms with Gasteiger partial charge in [0, 0.05) is 16.5 Å². The lowest BCUT2D eigenvalue weighted by atomic mass is 9.99. The lowest BCUT2D eigenvalue weighted by molar-refractivity contribution is 0.0959. The maximum absolute atomic E-state index is 12.2. The molecule has 0 atom stereocenters. The number of amides is 1. The van der Waals surface area contributed by atoms with Gasteiger partial charge in [0.05, 0.1) is 17.7 Å². The molecule has 126 valence electrons. The molecule has 1 aliphatic carbocycles. The second-order valence-electron chi connectivity index (χ2n) is 5.62. The maximum atomic E-state index is 12.2. The van der Waals surface area contributed by atoms with Crippen LogP contribution in [0.1, 0.15) is 45.4 Å². The van der Waals surface area contributed by atoms with Gasteiger partial charge in [-0.25, -0.2) is 5.43 Å². The Bertz CT molecular complexity index is 744. The topological polar surface area (TPSA) is 70.9 Å². The Balaban J connectivity index is 1.63. The smallest absolute Gasteiger partial charge is 0.281 e. The number of aromatic hydroxyl groups is 1. The monoisotopic (exact) mass is 344 g/mol. The fraction of sp³-hybridized carbons (Fsp3) is 0.333. The first-order chi connectivity index (χ1) is 11.7. The molecule has 6 heteroatoms. The first kappa shape index (κ1) is 16.5. The summed E-state index contributed by atoms with van der Waals surface area (Å²) in [6.45, 7) is 2.41. The van der Waals surface area contributed by atoms with Gasteiger partial charge in [-0.05, 0) is 56.4 Å². The number of phenolic OH excluding ortho intramolecular Hbond substituents is 1. The van der Waals surface area contributed by atoms with Crippen molar-refractivity contribution in [3.05, 3.63) is 45.1 Å². The van der Waals surface area contributed by atoms with Crippen molar-refractivity contribution in [1.29, 1.82) is 0 Å². The highest BCUT2D eigenvalue weighted by Gasteiger charge is 2.16. The number of aryl methyl sites for hydroxylation is 2. The van der Waals surface area contributed by atoms with E-state index in [2.05, 4.69) is 10.5 Å². The summed E-state index contributed by atoms with van der Waals surface area (Å²) in [5.74, 6) is 0.446. The normalized spacial score (nSPS) is 13.7. The lowest BCUT2D eigenvalue weighted by Crippen LogP contribution is -2.16. The number of carbonyl (C=O) groups is 1. The van der Waals surface area contributed by atoms with Crippen molar-refractivity contribution in [2.24, 2.45) is 5.10 Å². The molecule has 2 N–H and O–H groups in total. The molecule has 1 aromatic heterocycles. The lowest BCUT2D eigenvalue weighted by Gasteiger charge is -2.08.